The molecule has 0 amide bonds. The highest BCUT2D eigenvalue weighted by molar-refractivity contribution is 5.97. The molecule has 4 aromatic rings. The first-order chi connectivity index (χ1) is 11.8. The lowest BCUT2D eigenvalue weighted by atomic mass is 10.1. The molecule has 4 rings (SSSR count). The molecule has 0 saturated heterocycles. The van der Waals surface area contributed by atoms with Gasteiger partial charge in [0.25, 0.3) is 0 Å². The monoisotopic (exact) mass is 315 g/mol. The van der Waals surface area contributed by atoms with Crippen LogP contribution in [0.15, 0.2) is 66.9 Å². The largest absolute Gasteiger partial charge is 0.363 e. The number of rotatable bonds is 4. The van der Waals surface area contributed by atoms with E-state index in [0.29, 0.717) is 12.4 Å². The second-order valence-corrected chi connectivity index (χ2v) is 5.63. The molecular weight excluding hydrogens is 298 g/mol. The molecular formula is C19H17N5. The molecule has 0 aliphatic rings. The maximum absolute atomic E-state index is 4.65. The molecule has 0 bridgehead atoms. The van der Waals surface area contributed by atoms with Crippen molar-refractivity contribution < 1.29 is 0 Å². The van der Waals surface area contributed by atoms with Crippen LogP contribution in [0, 0.1) is 0 Å². The highest BCUT2D eigenvalue weighted by Crippen LogP contribution is 2.30. The smallest absolute Gasteiger partial charge is 0.177 e. The molecule has 2 aromatic heterocycles. The van der Waals surface area contributed by atoms with Crippen LogP contribution < -0.4 is 5.32 Å². The molecule has 118 valence electrons. The molecule has 0 aliphatic carbocycles. The Labute approximate surface area is 140 Å². The van der Waals surface area contributed by atoms with E-state index >= 15 is 0 Å². The zero-order valence-electron chi connectivity index (χ0n) is 13.3. The number of hydrogen-bond donors (Lipinski definition) is 1. The van der Waals surface area contributed by atoms with Gasteiger partial charge in [-0.25, -0.2) is 0 Å². The Balaban J connectivity index is 1.73. The summed E-state index contributed by atoms with van der Waals surface area (Å²) in [4.78, 5) is 0. The lowest BCUT2D eigenvalue weighted by Gasteiger charge is -2.05. The van der Waals surface area contributed by atoms with Crippen molar-refractivity contribution in [2.75, 3.05) is 5.32 Å². The van der Waals surface area contributed by atoms with E-state index in [4.69, 9.17) is 0 Å². The van der Waals surface area contributed by atoms with Crippen molar-refractivity contribution in [1.82, 2.24) is 20.0 Å². The van der Waals surface area contributed by atoms with Crippen molar-refractivity contribution in [3.05, 3.63) is 72.4 Å². The molecule has 1 N–H and O–H groups in total. The third-order valence-electron chi connectivity index (χ3n) is 4.00. The van der Waals surface area contributed by atoms with Gasteiger partial charge in [-0.3, -0.25) is 4.68 Å². The van der Waals surface area contributed by atoms with Gasteiger partial charge in [-0.2, -0.15) is 10.2 Å². The van der Waals surface area contributed by atoms with Gasteiger partial charge in [0.2, 0.25) is 0 Å². The van der Waals surface area contributed by atoms with Crippen molar-refractivity contribution in [3.63, 3.8) is 0 Å². The highest BCUT2D eigenvalue weighted by Gasteiger charge is 2.15. The van der Waals surface area contributed by atoms with E-state index in [0.717, 1.165) is 22.2 Å². The summed E-state index contributed by atoms with van der Waals surface area (Å²) < 4.78 is 1.89. The van der Waals surface area contributed by atoms with E-state index in [2.05, 4.69) is 44.9 Å². The molecule has 0 fully saturated rings. The number of nitrogens with one attached hydrogen (secondary N) is 1. The van der Waals surface area contributed by atoms with Crippen LogP contribution in [0.1, 0.15) is 5.56 Å². The minimum Gasteiger partial charge on any atom is -0.363 e. The van der Waals surface area contributed by atoms with Crippen LogP contribution in [-0.4, -0.2) is 20.0 Å². The second-order valence-electron chi connectivity index (χ2n) is 5.63. The lowest BCUT2D eigenvalue weighted by Crippen LogP contribution is -2.03. The number of benzene rings is 2. The summed E-state index contributed by atoms with van der Waals surface area (Å²) in [6.07, 6.45) is 1.78. The van der Waals surface area contributed by atoms with Crippen molar-refractivity contribution in [2.24, 2.45) is 7.05 Å². The Morgan fingerprint density at radius 1 is 0.958 bits per heavy atom. The Bertz CT molecular complexity index is 961. The number of fused-ring (bicyclic) bond motifs is 1. The molecule has 2 aromatic carbocycles. The molecule has 5 nitrogen and oxygen atoms in total. The van der Waals surface area contributed by atoms with Crippen LogP contribution >= 0.6 is 0 Å². The van der Waals surface area contributed by atoms with E-state index < -0.39 is 0 Å². The van der Waals surface area contributed by atoms with Crippen LogP contribution in [0.4, 0.5) is 5.82 Å². The van der Waals surface area contributed by atoms with Gasteiger partial charge in [-0.1, -0.05) is 60.7 Å². The maximum Gasteiger partial charge on any atom is 0.177 e. The van der Waals surface area contributed by atoms with E-state index in [1.54, 1.807) is 6.20 Å². The van der Waals surface area contributed by atoms with Gasteiger partial charge in [0, 0.05) is 19.2 Å². The summed E-state index contributed by atoms with van der Waals surface area (Å²) in [5, 5.41) is 17.4. The molecule has 0 aliphatic heterocycles. The topological polar surface area (TPSA) is 55.6 Å². The van der Waals surface area contributed by atoms with Crippen LogP contribution in [-0.2, 0) is 13.6 Å². The van der Waals surface area contributed by atoms with Crippen molar-refractivity contribution in [2.45, 2.75) is 6.54 Å². The fraction of sp³-hybridized carbons (Fsp3) is 0.105. The van der Waals surface area contributed by atoms with Crippen molar-refractivity contribution in [3.8, 4) is 11.3 Å². The van der Waals surface area contributed by atoms with Gasteiger partial charge < -0.3 is 5.32 Å². The van der Waals surface area contributed by atoms with Crippen molar-refractivity contribution in [1.29, 1.82) is 0 Å². The Kier molecular flexibility index (Phi) is 3.67. The summed E-state index contributed by atoms with van der Waals surface area (Å²) in [6.45, 7) is 0.686. The van der Waals surface area contributed by atoms with Gasteiger partial charge >= 0.3 is 0 Å². The lowest BCUT2D eigenvalue weighted by molar-refractivity contribution is 0.787. The zero-order valence-corrected chi connectivity index (χ0v) is 13.3. The predicted octanol–water partition coefficient (Wildman–Crippen LogP) is 3.64. The quantitative estimate of drug-likeness (QED) is 0.624. The van der Waals surface area contributed by atoms with E-state index in [-0.39, 0.29) is 0 Å². The minimum absolute atomic E-state index is 0.686. The molecule has 0 unspecified atom stereocenters. The average molecular weight is 315 g/mol. The van der Waals surface area contributed by atoms with E-state index in [1.807, 2.05) is 48.1 Å². The van der Waals surface area contributed by atoms with Crippen LogP contribution in [0.5, 0.6) is 0 Å². The summed E-state index contributed by atoms with van der Waals surface area (Å²) >= 11 is 0. The van der Waals surface area contributed by atoms with E-state index in [9.17, 15) is 0 Å². The van der Waals surface area contributed by atoms with E-state index in [1.165, 1.54) is 5.56 Å². The Morgan fingerprint density at radius 3 is 2.42 bits per heavy atom. The summed E-state index contributed by atoms with van der Waals surface area (Å²) in [6, 6.07) is 20.4. The fourth-order valence-electron chi connectivity index (χ4n) is 2.87. The van der Waals surface area contributed by atoms with Gasteiger partial charge in [-0.05, 0) is 5.56 Å². The molecule has 5 heteroatoms. The van der Waals surface area contributed by atoms with Crippen molar-refractivity contribution >= 4 is 16.7 Å². The summed E-state index contributed by atoms with van der Waals surface area (Å²) in [5.74, 6) is 0.703. The second kappa shape index (κ2) is 6.12. The molecule has 24 heavy (non-hydrogen) atoms. The number of aryl methyl sites for hydroxylation is 1. The minimum atomic E-state index is 0.686. The zero-order chi connectivity index (χ0) is 16.4. The first-order valence-corrected chi connectivity index (χ1v) is 7.84. The number of hydrogen-bond acceptors (Lipinski definition) is 4. The Hall–Kier alpha value is -3.21. The summed E-state index contributed by atoms with van der Waals surface area (Å²) in [7, 11) is 1.95. The number of anilines is 1. The molecule has 2 heterocycles. The van der Waals surface area contributed by atoms with Gasteiger partial charge in [-0.15, -0.1) is 5.10 Å². The average Bonchev–Trinajstić information content (AvgIpc) is 2.98. The first kappa shape index (κ1) is 14.4. The molecule has 0 spiro atoms. The molecule has 0 radical (unpaired) electrons. The first-order valence-electron chi connectivity index (χ1n) is 7.84. The third-order valence-corrected chi connectivity index (χ3v) is 4.00. The van der Waals surface area contributed by atoms with Gasteiger partial charge in [0.15, 0.2) is 5.82 Å². The van der Waals surface area contributed by atoms with Gasteiger partial charge in [0.05, 0.1) is 17.3 Å². The Morgan fingerprint density at radius 2 is 1.67 bits per heavy atom. The number of aromatic nitrogens is 4. The normalized spacial score (nSPS) is 10.9. The predicted molar refractivity (Wildman–Crippen MR) is 95.5 cm³/mol. The van der Waals surface area contributed by atoms with Crippen LogP contribution in [0.25, 0.3) is 22.2 Å². The standard InChI is InChI=1S/C19H17N5/c1-24-18(15-10-6-3-7-11-15)16-13-21-22-19(17(16)23-24)20-12-14-8-4-2-5-9-14/h2-11,13H,12H2,1H3,(H,20,22). The fourth-order valence-corrected chi connectivity index (χ4v) is 2.87. The SMILES string of the molecule is Cn1nc2c(NCc3ccccc3)nncc2c1-c1ccccc1. The maximum atomic E-state index is 4.65. The van der Waals surface area contributed by atoms with Gasteiger partial charge in [0.1, 0.15) is 5.52 Å². The van der Waals surface area contributed by atoms with Crippen LogP contribution in [0.3, 0.4) is 0 Å². The summed E-state index contributed by atoms with van der Waals surface area (Å²) in [5.41, 5.74) is 4.19. The molecule has 0 saturated carbocycles. The third kappa shape index (κ3) is 2.60. The highest BCUT2D eigenvalue weighted by atomic mass is 15.3. The number of nitrogens with zero attached hydrogens (tertiary/aromatic N) is 4. The van der Waals surface area contributed by atoms with Crippen LogP contribution in [0.2, 0.25) is 0 Å². The molecule has 0 atom stereocenters.